The molecule has 0 aromatic heterocycles. The maximum absolute atomic E-state index is 12.4. The van der Waals surface area contributed by atoms with E-state index < -0.39 is 0 Å². The summed E-state index contributed by atoms with van der Waals surface area (Å²) in [5.74, 6) is 1.25. The molecule has 0 spiro atoms. The van der Waals surface area contributed by atoms with E-state index in [1.54, 1.807) is 19.1 Å². The number of benzene rings is 1. The molecule has 7 heteroatoms. The molecule has 0 atom stereocenters. The number of ether oxygens (including phenoxy) is 3. The van der Waals surface area contributed by atoms with E-state index >= 15 is 0 Å². The molecule has 1 aliphatic heterocycles. The molecule has 1 saturated heterocycles. The third-order valence-electron chi connectivity index (χ3n) is 3.34. The normalized spacial score (nSPS) is 16.1. The van der Waals surface area contributed by atoms with E-state index in [1.807, 2.05) is 31.2 Å². The monoisotopic (exact) mass is 367 g/mol. The number of carbonyl (C=O) groups excluding carboxylic acids is 1. The van der Waals surface area contributed by atoms with E-state index in [1.165, 1.54) is 11.8 Å². The molecule has 2 rings (SSSR count). The van der Waals surface area contributed by atoms with Gasteiger partial charge < -0.3 is 14.2 Å². The zero-order valence-corrected chi connectivity index (χ0v) is 15.7. The summed E-state index contributed by atoms with van der Waals surface area (Å²) in [5, 5.41) is 0. The first-order valence-corrected chi connectivity index (χ1v) is 8.88. The van der Waals surface area contributed by atoms with Crippen molar-refractivity contribution in [3.63, 3.8) is 0 Å². The molecule has 0 saturated carbocycles. The van der Waals surface area contributed by atoms with Gasteiger partial charge in [0.2, 0.25) is 0 Å². The molecule has 24 heavy (non-hydrogen) atoms. The van der Waals surface area contributed by atoms with Crippen molar-refractivity contribution in [2.45, 2.75) is 13.3 Å². The van der Waals surface area contributed by atoms with Crippen molar-refractivity contribution in [1.82, 2.24) is 4.90 Å². The van der Waals surface area contributed by atoms with Crippen LogP contribution in [0.3, 0.4) is 0 Å². The van der Waals surface area contributed by atoms with Crippen molar-refractivity contribution in [1.29, 1.82) is 0 Å². The van der Waals surface area contributed by atoms with Crippen LogP contribution in [-0.4, -0.2) is 49.1 Å². The minimum atomic E-state index is -0.0904. The van der Waals surface area contributed by atoms with Crippen LogP contribution in [0.4, 0.5) is 0 Å². The van der Waals surface area contributed by atoms with Crippen molar-refractivity contribution < 1.29 is 19.0 Å². The molecule has 130 valence electrons. The summed E-state index contributed by atoms with van der Waals surface area (Å²) in [4.78, 5) is 14.6. The van der Waals surface area contributed by atoms with Crippen LogP contribution >= 0.6 is 24.0 Å². The molecular formula is C17H21NO4S2. The fourth-order valence-electron chi connectivity index (χ4n) is 2.13. The Hall–Kier alpha value is -1.57. The summed E-state index contributed by atoms with van der Waals surface area (Å²) in [6.07, 6.45) is 2.74. The lowest BCUT2D eigenvalue weighted by Crippen LogP contribution is -2.31. The van der Waals surface area contributed by atoms with Gasteiger partial charge in [-0.05, 0) is 30.2 Å². The average molecular weight is 367 g/mol. The van der Waals surface area contributed by atoms with E-state index in [4.69, 9.17) is 26.4 Å². The van der Waals surface area contributed by atoms with E-state index in [0.717, 1.165) is 12.0 Å². The molecule has 1 heterocycles. The summed E-state index contributed by atoms with van der Waals surface area (Å²) in [6, 6.07) is 5.61. The summed E-state index contributed by atoms with van der Waals surface area (Å²) in [7, 11) is 3.20. The smallest absolute Gasteiger partial charge is 0.266 e. The van der Waals surface area contributed by atoms with Gasteiger partial charge in [-0.3, -0.25) is 9.69 Å². The number of methoxy groups -OCH3 is 2. The SMILES string of the molecule is CCCOc1ccc(C=C2SC(=S)N(CCOC)C2=O)cc1OC. The summed E-state index contributed by atoms with van der Waals surface area (Å²) < 4.78 is 16.6. The van der Waals surface area contributed by atoms with Crippen molar-refractivity contribution in [2.75, 3.05) is 34.0 Å². The molecule has 0 radical (unpaired) electrons. The summed E-state index contributed by atoms with van der Waals surface area (Å²) in [6.45, 7) is 3.60. The number of rotatable bonds is 8. The third kappa shape index (κ3) is 4.49. The Labute approximate surface area is 151 Å². The first-order chi connectivity index (χ1) is 11.6. The van der Waals surface area contributed by atoms with Crippen LogP contribution in [0.5, 0.6) is 11.5 Å². The zero-order chi connectivity index (χ0) is 17.5. The molecule has 0 bridgehead atoms. The molecular weight excluding hydrogens is 346 g/mol. The quantitative estimate of drug-likeness (QED) is 0.519. The van der Waals surface area contributed by atoms with Crippen molar-refractivity contribution in [2.24, 2.45) is 0 Å². The van der Waals surface area contributed by atoms with Crippen LogP contribution in [0.2, 0.25) is 0 Å². The van der Waals surface area contributed by atoms with Crippen molar-refractivity contribution in [3.8, 4) is 11.5 Å². The van der Waals surface area contributed by atoms with Gasteiger partial charge in [-0.2, -0.15) is 0 Å². The highest BCUT2D eigenvalue weighted by molar-refractivity contribution is 8.26. The number of hydrogen-bond donors (Lipinski definition) is 0. The third-order valence-corrected chi connectivity index (χ3v) is 4.72. The molecule has 5 nitrogen and oxygen atoms in total. The first kappa shape index (κ1) is 18.8. The second-order valence-electron chi connectivity index (χ2n) is 5.08. The van der Waals surface area contributed by atoms with Crippen LogP contribution in [-0.2, 0) is 9.53 Å². The molecule has 1 aromatic rings. The van der Waals surface area contributed by atoms with Gasteiger partial charge in [-0.25, -0.2) is 0 Å². The lowest BCUT2D eigenvalue weighted by Gasteiger charge is -2.13. The van der Waals surface area contributed by atoms with Crippen LogP contribution in [0.25, 0.3) is 6.08 Å². The number of thioether (sulfide) groups is 1. The molecule has 0 N–H and O–H groups in total. The van der Waals surface area contributed by atoms with Crippen LogP contribution < -0.4 is 9.47 Å². The summed E-state index contributed by atoms with van der Waals surface area (Å²) >= 11 is 6.57. The largest absolute Gasteiger partial charge is 0.493 e. The molecule has 1 fully saturated rings. The predicted octanol–water partition coefficient (Wildman–Crippen LogP) is 3.33. The maximum Gasteiger partial charge on any atom is 0.266 e. The topological polar surface area (TPSA) is 48.0 Å². The van der Waals surface area contributed by atoms with E-state index in [0.29, 0.717) is 40.5 Å². The van der Waals surface area contributed by atoms with Crippen molar-refractivity contribution in [3.05, 3.63) is 28.7 Å². The molecule has 0 unspecified atom stereocenters. The predicted molar refractivity (Wildman–Crippen MR) is 101 cm³/mol. The lowest BCUT2D eigenvalue weighted by atomic mass is 10.2. The van der Waals surface area contributed by atoms with Gasteiger partial charge in [0.1, 0.15) is 4.32 Å². The first-order valence-electron chi connectivity index (χ1n) is 7.65. The number of nitrogens with zero attached hydrogens (tertiary/aromatic N) is 1. The second-order valence-corrected chi connectivity index (χ2v) is 6.76. The minimum absolute atomic E-state index is 0.0904. The second kappa shape index (κ2) is 9.05. The summed E-state index contributed by atoms with van der Waals surface area (Å²) in [5.41, 5.74) is 0.864. The molecule has 1 aliphatic rings. The fraction of sp³-hybridized carbons (Fsp3) is 0.412. The van der Waals surface area contributed by atoms with Crippen molar-refractivity contribution >= 4 is 40.3 Å². The van der Waals surface area contributed by atoms with Crippen LogP contribution in [0.15, 0.2) is 23.1 Å². The Morgan fingerprint density at radius 2 is 2.04 bits per heavy atom. The van der Waals surface area contributed by atoms with Gasteiger partial charge in [0.15, 0.2) is 11.5 Å². The maximum atomic E-state index is 12.4. The van der Waals surface area contributed by atoms with Crippen LogP contribution in [0.1, 0.15) is 18.9 Å². The van der Waals surface area contributed by atoms with Gasteiger partial charge in [0, 0.05) is 7.11 Å². The number of hydrogen-bond acceptors (Lipinski definition) is 6. The molecule has 1 aromatic carbocycles. The zero-order valence-electron chi connectivity index (χ0n) is 14.0. The standard InChI is InChI=1S/C17H21NO4S2/c1-4-8-22-13-6-5-12(10-14(13)21-3)11-15-16(19)18(7-9-20-2)17(23)24-15/h5-6,10-11H,4,7-9H2,1-3H3. The highest BCUT2D eigenvalue weighted by Crippen LogP contribution is 2.34. The minimum Gasteiger partial charge on any atom is -0.493 e. The Kier molecular flexibility index (Phi) is 7.08. The van der Waals surface area contributed by atoms with Gasteiger partial charge >= 0.3 is 0 Å². The van der Waals surface area contributed by atoms with E-state index in [9.17, 15) is 4.79 Å². The van der Waals surface area contributed by atoms with Gasteiger partial charge in [0.05, 0.1) is 31.8 Å². The number of carbonyl (C=O) groups is 1. The fourth-order valence-corrected chi connectivity index (χ4v) is 3.44. The molecule has 0 aliphatic carbocycles. The molecule has 1 amide bonds. The Morgan fingerprint density at radius 3 is 2.71 bits per heavy atom. The average Bonchev–Trinajstić information content (AvgIpc) is 2.85. The Morgan fingerprint density at radius 1 is 1.25 bits per heavy atom. The highest BCUT2D eigenvalue weighted by Gasteiger charge is 2.31. The number of thiocarbonyl (C=S) groups is 1. The van der Waals surface area contributed by atoms with Crippen LogP contribution in [0, 0.1) is 0 Å². The van der Waals surface area contributed by atoms with Gasteiger partial charge in [-0.15, -0.1) is 0 Å². The highest BCUT2D eigenvalue weighted by atomic mass is 32.2. The van der Waals surface area contributed by atoms with Gasteiger partial charge in [-0.1, -0.05) is 37.0 Å². The lowest BCUT2D eigenvalue weighted by molar-refractivity contribution is -0.122. The van der Waals surface area contributed by atoms with E-state index in [2.05, 4.69) is 0 Å². The van der Waals surface area contributed by atoms with Gasteiger partial charge in [0.25, 0.3) is 5.91 Å². The Balaban J connectivity index is 2.18. The number of amides is 1. The van der Waals surface area contributed by atoms with E-state index in [-0.39, 0.29) is 5.91 Å². The Bertz CT molecular complexity index is 645.